The van der Waals surface area contributed by atoms with Crippen LogP contribution in [0.2, 0.25) is 5.02 Å². The Balaban J connectivity index is 1.71. The second-order valence-electron chi connectivity index (χ2n) is 5.21. The van der Waals surface area contributed by atoms with Gasteiger partial charge in [-0.05, 0) is 24.6 Å². The summed E-state index contributed by atoms with van der Waals surface area (Å²) < 4.78 is 28.3. The van der Waals surface area contributed by atoms with Gasteiger partial charge in [-0.2, -0.15) is 0 Å². The highest BCUT2D eigenvalue weighted by Crippen LogP contribution is 2.17. The number of nitrogens with zero attached hydrogens (tertiary/aromatic N) is 1. The van der Waals surface area contributed by atoms with Gasteiger partial charge in [-0.15, -0.1) is 0 Å². The number of rotatable bonds is 5. The Labute approximate surface area is 135 Å². The van der Waals surface area contributed by atoms with Crippen LogP contribution in [0.4, 0.5) is 4.79 Å². The molecule has 2 amide bonds. The smallest absolute Gasteiger partial charge is 0.317 e. The van der Waals surface area contributed by atoms with E-state index in [1.54, 1.807) is 31.3 Å². The molecule has 8 heteroatoms. The van der Waals surface area contributed by atoms with Crippen LogP contribution in [0.15, 0.2) is 24.3 Å². The van der Waals surface area contributed by atoms with Gasteiger partial charge < -0.3 is 15.0 Å². The Hall–Kier alpha value is -1.47. The summed E-state index contributed by atoms with van der Waals surface area (Å²) in [6.45, 7) is 0.637. The van der Waals surface area contributed by atoms with E-state index in [-0.39, 0.29) is 23.6 Å². The lowest BCUT2D eigenvalue weighted by Crippen LogP contribution is -2.45. The number of sulfone groups is 1. The number of amides is 2. The number of hydrogen-bond donors (Lipinski definition) is 1. The minimum Gasteiger partial charge on any atom is -0.492 e. The summed E-state index contributed by atoms with van der Waals surface area (Å²) in [6.07, 6.45) is 0.491. The fraction of sp³-hybridized carbons (Fsp3) is 0.500. The van der Waals surface area contributed by atoms with Crippen molar-refractivity contribution < 1.29 is 17.9 Å². The Morgan fingerprint density at radius 2 is 2.27 bits per heavy atom. The summed E-state index contributed by atoms with van der Waals surface area (Å²) in [5.74, 6) is 0.820. The first kappa shape index (κ1) is 16.9. The number of ether oxygens (including phenoxy) is 1. The number of carbonyl (C=O) groups excluding carboxylic acids is 1. The quantitative estimate of drug-likeness (QED) is 0.821. The van der Waals surface area contributed by atoms with E-state index < -0.39 is 9.84 Å². The molecule has 2 rings (SSSR count). The predicted octanol–water partition coefficient (Wildman–Crippen LogP) is 1.55. The SMILES string of the molecule is CN(C(=O)NCCOc1cccc(Cl)c1)[C@H]1CCS(=O)(=O)C1. The maximum atomic E-state index is 11.9. The number of benzene rings is 1. The molecule has 1 atom stereocenters. The molecule has 0 bridgehead atoms. The Morgan fingerprint density at radius 1 is 1.50 bits per heavy atom. The molecule has 1 fully saturated rings. The molecule has 1 heterocycles. The van der Waals surface area contributed by atoms with Crippen molar-refractivity contribution in [2.45, 2.75) is 12.5 Å². The first-order valence-corrected chi connectivity index (χ1v) is 9.17. The number of hydrogen-bond acceptors (Lipinski definition) is 4. The molecule has 1 N–H and O–H groups in total. The minimum atomic E-state index is -3.00. The number of nitrogens with one attached hydrogen (secondary N) is 1. The largest absolute Gasteiger partial charge is 0.492 e. The van der Waals surface area contributed by atoms with Crippen molar-refractivity contribution in [2.75, 3.05) is 31.7 Å². The van der Waals surface area contributed by atoms with Gasteiger partial charge in [0.15, 0.2) is 9.84 Å². The van der Waals surface area contributed by atoms with E-state index in [9.17, 15) is 13.2 Å². The third-order valence-corrected chi connectivity index (χ3v) is 5.51. The Bertz CT molecular complexity index is 635. The molecule has 122 valence electrons. The maximum absolute atomic E-state index is 11.9. The first-order valence-electron chi connectivity index (χ1n) is 6.97. The minimum absolute atomic E-state index is 0.0376. The van der Waals surface area contributed by atoms with Crippen LogP contribution >= 0.6 is 11.6 Å². The van der Waals surface area contributed by atoms with E-state index in [1.807, 2.05) is 0 Å². The van der Waals surface area contributed by atoms with E-state index in [2.05, 4.69) is 5.32 Å². The van der Waals surface area contributed by atoms with E-state index in [0.717, 1.165) is 0 Å². The van der Waals surface area contributed by atoms with Crippen molar-refractivity contribution in [2.24, 2.45) is 0 Å². The topological polar surface area (TPSA) is 75.7 Å². The van der Waals surface area contributed by atoms with E-state index >= 15 is 0 Å². The Morgan fingerprint density at radius 3 is 2.91 bits per heavy atom. The summed E-state index contributed by atoms with van der Waals surface area (Å²) in [6, 6.07) is 6.46. The first-order chi connectivity index (χ1) is 10.4. The zero-order valence-corrected chi connectivity index (χ0v) is 13.9. The fourth-order valence-electron chi connectivity index (χ4n) is 2.25. The molecular weight excluding hydrogens is 328 g/mol. The highest BCUT2D eigenvalue weighted by molar-refractivity contribution is 7.91. The van der Waals surface area contributed by atoms with Crippen LogP contribution in [0.5, 0.6) is 5.75 Å². The molecule has 0 saturated carbocycles. The number of halogens is 1. The van der Waals surface area contributed by atoms with Crippen molar-refractivity contribution in [3.05, 3.63) is 29.3 Å². The molecule has 6 nitrogen and oxygen atoms in total. The average molecular weight is 347 g/mol. The highest BCUT2D eigenvalue weighted by Gasteiger charge is 2.32. The lowest BCUT2D eigenvalue weighted by atomic mass is 10.2. The highest BCUT2D eigenvalue weighted by atomic mass is 35.5. The summed E-state index contributed by atoms with van der Waals surface area (Å²) in [5, 5.41) is 3.29. The van der Waals surface area contributed by atoms with Crippen LogP contribution in [0.3, 0.4) is 0 Å². The molecule has 0 radical (unpaired) electrons. The van der Waals surface area contributed by atoms with E-state index in [0.29, 0.717) is 30.3 Å². The molecule has 0 unspecified atom stereocenters. The molecular formula is C14H19ClN2O4S. The summed E-state index contributed by atoms with van der Waals surface area (Å²) in [5.41, 5.74) is 0. The van der Waals surface area contributed by atoms with Crippen molar-refractivity contribution in [3.63, 3.8) is 0 Å². The second kappa shape index (κ2) is 7.19. The van der Waals surface area contributed by atoms with Crippen LogP contribution in [0, 0.1) is 0 Å². The van der Waals surface area contributed by atoms with Gasteiger partial charge >= 0.3 is 6.03 Å². The monoisotopic (exact) mass is 346 g/mol. The maximum Gasteiger partial charge on any atom is 0.317 e. The van der Waals surface area contributed by atoms with Crippen LogP contribution in [-0.4, -0.2) is 57.1 Å². The molecule has 0 aromatic heterocycles. The van der Waals surface area contributed by atoms with Gasteiger partial charge in [0.05, 0.1) is 18.1 Å². The Kier molecular flexibility index (Phi) is 5.52. The summed E-state index contributed by atoms with van der Waals surface area (Å²) in [7, 11) is -1.39. The van der Waals surface area contributed by atoms with Gasteiger partial charge in [-0.1, -0.05) is 17.7 Å². The third kappa shape index (κ3) is 4.78. The van der Waals surface area contributed by atoms with Crippen LogP contribution in [0.25, 0.3) is 0 Å². The summed E-state index contributed by atoms with van der Waals surface area (Å²) in [4.78, 5) is 13.4. The zero-order valence-electron chi connectivity index (χ0n) is 12.3. The third-order valence-electron chi connectivity index (χ3n) is 3.52. The van der Waals surface area contributed by atoms with E-state index in [1.165, 1.54) is 4.90 Å². The van der Waals surface area contributed by atoms with Crippen LogP contribution in [0.1, 0.15) is 6.42 Å². The van der Waals surface area contributed by atoms with Crippen molar-refractivity contribution in [1.82, 2.24) is 10.2 Å². The fourth-order valence-corrected chi connectivity index (χ4v) is 4.21. The predicted molar refractivity (Wildman–Crippen MR) is 85.2 cm³/mol. The average Bonchev–Trinajstić information content (AvgIpc) is 2.83. The van der Waals surface area contributed by atoms with E-state index in [4.69, 9.17) is 16.3 Å². The van der Waals surface area contributed by atoms with Crippen LogP contribution in [-0.2, 0) is 9.84 Å². The normalized spacial score (nSPS) is 19.6. The molecule has 0 aliphatic carbocycles. The molecule has 1 aromatic carbocycles. The van der Waals surface area contributed by atoms with Gasteiger partial charge in [0.25, 0.3) is 0 Å². The van der Waals surface area contributed by atoms with Gasteiger partial charge in [0.1, 0.15) is 12.4 Å². The standard InChI is InChI=1S/C14H19ClN2O4S/c1-17(12-5-8-22(19,20)10-12)14(18)16-6-7-21-13-4-2-3-11(15)9-13/h2-4,9,12H,5-8,10H2,1H3,(H,16,18)/t12-/m0/s1. The van der Waals surface area contributed by atoms with Crippen molar-refractivity contribution in [3.8, 4) is 5.75 Å². The van der Waals surface area contributed by atoms with Gasteiger partial charge in [0.2, 0.25) is 0 Å². The number of urea groups is 1. The molecule has 1 aliphatic rings. The van der Waals surface area contributed by atoms with Crippen LogP contribution < -0.4 is 10.1 Å². The second-order valence-corrected chi connectivity index (χ2v) is 7.87. The molecule has 1 aliphatic heterocycles. The van der Waals surface area contributed by atoms with Gasteiger partial charge in [-0.25, -0.2) is 13.2 Å². The molecule has 1 saturated heterocycles. The molecule has 0 spiro atoms. The van der Waals surface area contributed by atoms with Gasteiger partial charge in [-0.3, -0.25) is 0 Å². The van der Waals surface area contributed by atoms with Crippen molar-refractivity contribution in [1.29, 1.82) is 0 Å². The number of carbonyl (C=O) groups is 1. The van der Waals surface area contributed by atoms with Gasteiger partial charge in [0, 0.05) is 18.1 Å². The zero-order chi connectivity index (χ0) is 16.2. The summed E-state index contributed by atoms with van der Waals surface area (Å²) >= 11 is 5.84. The van der Waals surface area contributed by atoms with Crippen molar-refractivity contribution >= 4 is 27.5 Å². The molecule has 22 heavy (non-hydrogen) atoms. The molecule has 1 aromatic rings. The lowest BCUT2D eigenvalue weighted by molar-refractivity contribution is 0.192. The lowest BCUT2D eigenvalue weighted by Gasteiger charge is -2.23.